The van der Waals surface area contributed by atoms with E-state index in [1.165, 1.54) is 4.90 Å². The van der Waals surface area contributed by atoms with E-state index in [1.54, 1.807) is 33.2 Å². The molecule has 12 heteroatoms. The van der Waals surface area contributed by atoms with E-state index in [1.807, 2.05) is 4.90 Å². The summed E-state index contributed by atoms with van der Waals surface area (Å²) in [6, 6.07) is 3.45. The predicted molar refractivity (Wildman–Crippen MR) is 118 cm³/mol. The number of likely N-dealkylation sites (N-methyl/N-ethyl adjacent to an activating group) is 1. The van der Waals surface area contributed by atoms with Crippen molar-refractivity contribution >= 4 is 24.9 Å². The second kappa shape index (κ2) is 8.51. The Hall–Kier alpha value is -2.83. The molecule has 3 aliphatic rings. The third kappa shape index (κ3) is 4.64. The number of carbonyl (C=O) groups excluding carboxylic acids is 2. The smallest absolute Gasteiger partial charge is 0.526 e. The van der Waals surface area contributed by atoms with Crippen LogP contribution in [-0.4, -0.2) is 96.7 Å². The van der Waals surface area contributed by atoms with E-state index in [2.05, 4.69) is 5.32 Å². The van der Waals surface area contributed by atoms with Gasteiger partial charge in [-0.15, -0.1) is 0 Å². The van der Waals surface area contributed by atoms with Gasteiger partial charge < -0.3 is 35.5 Å². The van der Waals surface area contributed by atoms with E-state index in [-0.39, 0.29) is 53.9 Å². The van der Waals surface area contributed by atoms with Crippen molar-refractivity contribution in [2.24, 2.45) is 5.73 Å². The van der Waals surface area contributed by atoms with Crippen LogP contribution in [0.1, 0.15) is 35.2 Å². The van der Waals surface area contributed by atoms with Crippen molar-refractivity contribution in [3.63, 3.8) is 0 Å². The summed E-state index contributed by atoms with van der Waals surface area (Å²) in [5.74, 6) is -1.33. The minimum absolute atomic E-state index is 0.0230. The highest BCUT2D eigenvalue weighted by atomic mass is 16.5. The van der Waals surface area contributed by atoms with Gasteiger partial charge in [-0.3, -0.25) is 14.5 Å². The molecule has 1 aliphatic carbocycles. The van der Waals surface area contributed by atoms with Crippen molar-refractivity contribution in [3.05, 3.63) is 23.3 Å². The Morgan fingerprint density at radius 2 is 2.06 bits per heavy atom. The van der Waals surface area contributed by atoms with E-state index >= 15 is 0 Å². The van der Waals surface area contributed by atoms with E-state index < -0.39 is 24.5 Å². The minimum Gasteiger partial charge on any atom is -0.535 e. The first-order chi connectivity index (χ1) is 15.5. The highest BCUT2D eigenvalue weighted by Gasteiger charge is 2.54. The largest absolute Gasteiger partial charge is 0.535 e. The molecule has 2 amide bonds. The van der Waals surface area contributed by atoms with Gasteiger partial charge in [0.25, 0.3) is 0 Å². The second-order valence-corrected chi connectivity index (χ2v) is 9.50. The van der Waals surface area contributed by atoms with Gasteiger partial charge in [0, 0.05) is 39.5 Å². The molecule has 1 aromatic rings. The van der Waals surface area contributed by atoms with Gasteiger partial charge in [0.05, 0.1) is 6.54 Å². The molecule has 2 fully saturated rings. The molecule has 0 spiro atoms. The number of hydrogen-bond acceptors (Lipinski definition) is 8. The Labute approximate surface area is 191 Å². The predicted octanol–water partition coefficient (Wildman–Crippen LogP) is -0.900. The molecule has 0 bridgehead atoms. The van der Waals surface area contributed by atoms with Crippen LogP contribution in [0.5, 0.6) is 11.5 Å². The number of fused-ring (bicyclic) bond motifs is 3. The minimum atomic E-state index is -1.21. The summed E-state index contributed by atoms with van der Waals surface area (Å²) >= 11 is 0. The summed E-state index contributed by atoms with van der Waals surface area (Å²) in [7, 11) is 2.20. The number of rotatable bonds is 8. The van der Waals surface area contributed by atoms with Gasteiger partial charge in [0.1, 0.15) is 28.7 Å². The Kier molecular flexibility index (Phi) is 6.02. The van der Waals surface area contributed by atoms with Crippen molar-refractivity contribution in [2.75, 3.05) is 40.3 Å². The number of aromatic carboxylic acids is 1. The Balaban J connectivity index is 1.34. The fourth-order valence-electron chi connectivity index (χ4n) is 4.35. The van der Waals surface area contributed by atoms with Crippen LogP contribution < -0.4 is 20.4 Å². The topological polar surface area (TPSA) is 155 Å². The first kappa shape index (κ1) is 23.3. The van der Waals surface area contributed by atoms with Gasteiger partial charge in [0.15, 0.2) is 0 Å². The number of nitrogens with one attached hydrogen (secondary N) is 1. The molecular formula is C21H29BN4O7. The van der Waals surface area contributed by atoms with Crippen LogP contribution in [0.25, 0.3) is 0 Å². The quantitative estimate of drug-likeness (QED) is 0.361. The van der Waals surface area contributed by atoms with Crippen LogP contribution in [0.2, 0.25) is 5.82 Å². The number of carboxylic acid groups (broad SMARTS) is 1. The molecular weight excluding hydrogens is 431 g/mol. The second-order valence-electron chi connectivity index (χ2n) is 9.50. The summed E-state index contributed by atoms with van der Waals surface area (Å²) in [6.45, 7) is 2.64. The zero-order chi connectivity index (χ0) is 24.1. The highest BCUT2D eigenvalue weighted by molar-refractivity contribution is 6.48. The van der Waals surface area contributed by atoms with Gasteiger partial charge in [-0.2, -0.15) is 0 Å². The Morgan fingerprint density at radius 3 is 2.70 bits per heavy atom. The molecule has 1 aromatic carbocycles. The lowest BCUT2D eigenvalue weighted by Gasteiger charge is -2.42. The van der Waals surface area contributed by atoms with Crippen molar-refractivity contribution in [3.8, 4) is 11.5 Å². The van der Waals surface area contributed by atoms with Crippen molar-refractivity contribution in [1.29, 1.82) is 0 Å². The maximum atomic E-state index is 12.4. The van der Waals surface area contributed by atoms with Crippen LogP contribution >= 0.6 is 0 Å². The molecule has 11 nitrogen and oxygen atoms in total. The summed E-state index contributed by atoms with van der Waals surface area (Å²) in [4.78, 5) is 39.3. The molecule has 5 N–H and O–H groups in total. The number of amides is 2. The van der Waals surface area contributed by atoms with Gasteiger partial charge >= 0.3 is 13.1 Å². The molecule has 0 aromatic heterocycles. The Morgan fingerprint density at radius 1 is 1.36 bits per heavy atom. The zero-order valence-corrected chi connectivity index (χ0v) is 18.9. The molecule has 4 rings (SSSR count). The number of nitrogens with zero attached hydrogens (tertiary/aromatic N) is 2. The van der Waals surface area contributed by atoms with Crippen LogP contribution in [0.4, 0.5) is 0 Å². The maximum Gasteiger partial charge on any atom is 0.526 e. The Bertz CT molecular complexity index is 980. The number of benzene rings is 1. The number of hydrogen-bond donors (Lipinski definition) is 4. The lowest BCUT2D eigenvalue weighted by molar-refractivity contribution is -0.133. The fourth-order valence-corrected chi connectivity index (χ4v) is 4.35. The lowest BCUT2D eigenvalue weighted by atomic mass is 9.77. The number of carboxylic acids is 1. The molecule has 1 saturated carbocycles. The number of nitrogens with two attached hydrogens (primary N) is 1. The third-order valence-electron chi connectivity index (χ3n) is 6.39. The summed E-state index contributed by atoms with van der Waals surface area (Å²) < 4.78 is 11.4. The molecule has 3 atom stereocenters. The zero-order valence-electron chi connectivity index (χ0n) is 18.9. The highest BCUT2D eigenvalue weighted by Crippen LogP contribution is 2.60. The monoisotopic (exact) mass is 460 g/mol. The molecule has 1 saturated heterocycles. The van der Waals surface area contributed by atoms with Crippen molar-refractivity contribution < 1.29 is 33.9 Å². The van der Waals surface area contributed by atoms with Crippen LogP contribution in [-0.2, 0) is 9.59 Å². The van der Waals surface area contributed by atoms with Gasteiger partial charge in [-0.05, 0) is 30.9 Å². The third-order valence-corrected chi connectivity index (χ3v) is 6.39. The van der Waals surface area contributed by atoms with Crippen LogP contribution in [0, 0.1) is 0 Å². The SMILES string of the molecule is CN(C)C(=O)CNC(=O)C(C)(N)CN1CC(Oc2ccc3c(c2C(=O)O)OB(O)C2CC32)C1. The summed E-state index contributed by atoms with van der Waals surface area (Å²) in [5.41, 5.74) is 5.67. The maximum absolute atomic E-state index is 12.4. The van der Waals surface area contributed by atoms with Crippen LogP contribution in [0.15, 0.2) is 12.1 Å². The molecule has 33 heavy (non-hydrogen) atoms. The fraction of sp³-hybridized carbons (Fsp3) is 0.571. The first-order valence-corrected chi connectivity index (χ1v) is 10.9. The standard InChI is InChI=1S/C21H29BN4O7/c1-21(23,20(30)24-7-16(27)25(2)3)10-26-8-11(9-26)32-15-5-4-12-13-6-14(13)22(31)33-18(12)17(15)19(28)29/h4-5,11,13-14,31H,6-10,23H2,1-3H3,(H,24,30)(H,28,29). The van der Waals surface area contributed by atoms with E-state index in [4.69, 9.17) is 15.1 Å². The summed E-state index contributed by atoms with van der Waals surface area (Å²) in [6.07, 6.45) is 0.497. The van der Waals surface area contributed by atoms with Crippen molar-refractivity contribution in [2.45, 2.75) is 36.7 Å². The molecule has 0 radical (unpaired) electrons. The average molecular weight is 460 g/mol. The lowest BCUT2D eigenvalue weighted by Crippen LogP contribution is -2.64. The molecule has 2 heterocycles. The van der Waals surface area contributed by atoms with Gasteiger partial charge in [0.2, 0.25) is 11.8 Å². The molecule has 3 unspecified atom stereocenters. The van der Waals surface area contributed by atoms with Gasteiger partial charge in [-0.25, -0.2) is 4.79 Å². The van der Waals surface area contributed by atoms with E-state index in [0.717, 1.165) is 12.0 Å². The van der Waals surface area contributed by atoms with Crippen LogP contribution in [0.3, 0.4) is 0 Å². The van der Waals surface area contributed by atoms with Gasteiger partial charge in [-0.1, -0.05) is 6.07 Å². The average Bonchev–Trinajstić information content (AvgIpc) is 3.51. The van der Waals surface area contributed by atoms with E-state index in [9.17, 15) is 24.5 Å². The molecule has 2 aliphatic heterocycles. The number of ether oxygens (including phenoxy) is 1. The van der Waals surface area contributed by atoms with Crippen molar-refractivity contribution in [1.82, 2.24) is 15.1 Å². The summed E-state index contributed by atoms with van der Waals surface area (Å²) in [5, 5.41) is 22.4. The first-order valence-electron chi connectivity index (χ1n) is 10.9. The van der Waals surface area contributed by atoms with E-state index in [0.29, 0.717) is 13.1 Å². The number of likely N-dealkylation sites (tertiary alicyclic amines) is 1. The molecule has 178 valence electrons. The number of carbonyl (C=O) groups is 3. The normalized spacial score (nSPS) is 23.2.